The Morgan fingerprint density at radius 2 is 2.18 bits per heavy atom. The fourth-order valence-electron chi connectivity index (χ4n) is 1.38. The molecule has 0 amide bonds. The molecule has 0 saturated carbocycles. The number of nitrogens with zero attached hydrogens (tertiary/aromatic N) is 2. The highest BCUT2D eigenvalue weighted by molar-refractivity contribution is 7.80. The zero-order valence-corrected chi connectivity index (χ0v) is 9.98. The maximum Gasteiger partial charge on any atom is 0.401 e. The number of thiocarbonyl (C=S) groups is 1. The molecule has 0 radical (unpaired) electrons. The predicted octanol–water partition coefficient (Wildman–Crippen LogP) is 1.71. The van der Waals surface area contributed by atoms with Gasteiger partial charge < -0.3 is 5.73 Å². The van der Waals surface area contributed by atoms with Gasteiger partial charge in [-0.05, 0) is 24.7 Å². The third-order valence-electron chi connectivity index (χ3n) is 1.98. The van der Waals surface area contributed by atoms with E-state index in [-0.39, 0.29) is 11.5 Å². The molecule has 0 aliphatic carbocycles. The first kappa shape index (κ1) is 13.9. The van der Waals surface area contributed by atoms with Gasteiger partial charge >= 0.3 is 6.18 Å². The number of alkyl halides is 3. The molecule has 3 nitrogen and oxygen atoms in total. The molecule has 1 aromatic heterocycles. The first-order valence-electron chi connectivity index (χ1n) is 4.78. The van der Waals surface area contributed by atoms with E-state index in [1.807, 2.05) is 0 Å². The minimum Gasteiger partial charge on any atom is -0.388 e. The summed E-state index contributed by atoms with van der Waals surface area (Å²) in [6.45, 7) is -0.796. The van der Waals surface area contributed by atoms with Gasteiger partial charge in [-0.1, -0.05) is 12.2 Å². The quantitative estimate of drug-likeness (QED) is 0.840. The minimum absolute atomic E-state index is 0.130. The molecule has 2 N–H and O–H groups in total. The van der Waals surface area contributed by atoms with Crippen LogP contribution in [0.5, 0.6) is 0 Å². The fourth-order valence-corrected chi connectivity index (χ4v) is 1.49. The summed E-state index contributed by atoms with van der Waals surface area (Å²) < 4.78 is 36.4. The zero-order valence-electron chi connectivity index (χ0n) is 9.16. The van der Waals surface area contributed by atoms with Crippen LogP contribution < -0.4 is 5.73 Å². The molecule has 94 valence electrons. The average Bonchev–Trinajstić information content (AvgIpc) is 2.14. The lowest BCUT2D eigenvalue weighted by Crippen LogP contribution is -2.30. The largest absolute Gasteiger partial charge is 0.401 e. The third kappa shape index (κ3) is 5.10. The van der Waals surface area contributed by atoms with Gasteiger partial charge in [-0.25, -0.2) is 0 Å². The Morgan fingerprint density at radius 1 is 1.53 bits per heavy atom. The topological polar surface area (TPSA) is 42.2 Å². The lowest BCUT2D eigenvalue weighted by molar-refractivity contribution is -0.144. The first-order chi connectivity index (χ1) is 7.78. The first-order valence-corrected chi connectivity index (χ1v) is 5.19. The molecule has 0 bridgehead atoms. The molecule has 0 aromatic carbocycles. The van der Waals surface area contributed by atoms with Gasteiger partial charge in [-0.3, -0.25) is 9.88 Å². The van der Waals surface area contributed by atoms with E-state index in [0.717, 1.165) is 0 Å². The van der Waals surface area contributed by atoms with Crippen LogP contribution in [0.25, 0.3) is 0 Å². The van der Waals surface area contributed by atoms with E-state index in [4.69, 9.17) is 18.0 Å². The maximum absolute atomic E-state index is 12.1. The summed E-state index contributed by atoms with van der Waals surface area (Å²) in [5.41, 5.74) is 6.49. The van der Waals surface area contributed by atoms with Crippen LogP contribution in [0.2, 0.25) is 0 Å². The van der Waals surface area contributed by atoms with Crippen LogP contribution in [0, 0.1) is 0 Å². The van der Waals surface area contributed by atoms with E-state index < -0.39 is 12.7 Å². The molecular weight excluding hydrogens is 251 g/mol. The van der Waals surface area contributed by atoms with Gasteiger partial charge in [0.15, 0.2) is 0 Å². The van der Waals surface area contributed by atoms with Crippen LogP contribution in [0.4, 0.5) is 13.2 Å². The highest BCUT2D eigenvalue weighted by Crippen LogP contribution is 2.17. The summed E-state index contributed by atoms with van der Waals surface area (Å²) in [7, 11) is 1.40. The van der Waals surface area contributed by atoms with Crippen molar-refractivity contribution in [2.45, 2.75) is 12.7 Å². The van der Waals surface area contributed by atoms with Gasteiger partial charge in [-0.2, -0.15) is 13.2 Å². The molecule has 1 rings (SSSR count). The monoisotopic (exact) mass is 263 g/mol. The molecular formula is C10H12F3N3S. The molecule has 7 heteroatoms. The number of hydrogen-bond acceptors (Lipinski definition) is 3. The van der Waals surface area contributed by atoms with Crippen molar-refractivity contribution in [1.82, 2.24) is 9.88 Å². The molecule has 0 unspecified atom stereocenters. The van der Waals surface area contributed by atoms with Gasteiger partial charge in [0.05, 0.1) is 12.2 Å². The summed E-state index contributed by atoms with van der Waals surface area (Å²) >= 11 is 4.74. The van der Waals surface area contributed by atoms with Crippen LogP contribution in [-0.2, 0) is 6.54 Å². The summed E-state index contributed by atoms with van der Waals surface area (Å²) in [4.78, 5) is 5.21. The Balaban J connectivity index is 2.68. The van der Waals surface area contributed by atoms with Gasteiger partial charge in [0.25, 0.3) is 0 Å². The molecule has 1 heterocycles. The predicted molar refractivity (Wildman–Crippen MR) is 62.5 cm³/mol. The number of pyridine rings is 1. The van der Waals surface area contributed by atoms with E-state index >= 15 is 0 Å². The van der Waals surface area contributed by atoms with Crippen LogP contribution in [0.3, 0.4) is 0 Å². The normalized spacial score (nSPS) is 11.8. The average molecular weight is 263 g/mol. The van der Waals surface area contributed by atoms with Crippen LogP contribution in [-0.4, -0.2) is 34.6 Å². The summed E-state index contributed by atoms with van der Waals surface area (Å²) in [5.74, 6) is 0. The lowest BCUT2D eigenvalue weighted by Gasteiger charge is -2.18. The molecule has 0 fully saturated rings. The van der Waals surface area contributed by atoms with Crippen molar-refractivity contribution in [2.24, 2.45) is 5.73 Å². The smallest absolute Gasteiger partial charge is 0.388 e. The number of hydrogen-bond donors (Lipinski definition) is 1. The molecule has 0 saturated heterocycles. The van der Waals surface area contributed by atoms with E-state index in [0.29, 0.717) is 11.3 Å². The molecule has 0 spiro atoms. The molecule has 0 atom stereocenters. The molecule has 17 heavy (non-hydrogen) atoms. The van der Waals surface area contributed by atoms with Crippen molar-refractivity contribution < 1.29 is 13.2 Å². The van der Waals surface area contributed by atoms with E-state index in [9.17, 15) is 13.2 Å². The number of aromatic nitrogens is 1. The highest BCUT2D eigenvalue weighted by atomic mass is 32.1. The second-order valence-corrected chi connectivity index (χ2v) is 4.14. The Kier molecular flexibility index (Phi) is 4.41. The number of rotatable bonds is 4. The Hall–Kier alpha value is -1.21. The lowest BCUT2D eigenvalue weighted by atomic mass is 10.2. The third-order valence-corrected chi connectivity index (χ3v) is 2.19. The second kappa shape index (κ2) is 5.42. The Morgan fingerprint density at radius 3 is 2.71 bits per heavy atom. The standard InChI is InChI=1S/C10H12F3N3S/c1-16(6-10(11,12)13)5-7-2-3-15-8(4-7)9(14)17/h2-4H,5-6H2,1H3,(H2,14,17). The van der Waals surface area contributed by atoms with Crippen molar-refractivity contribution >= 4 is 17.2 Å². The minimum atomic E-state index is -4.20. The van der Waals surface area contributed by atoms with Crippen molar-refractivity contribution in [2.75, 3.05) is 13.6 Å². The number of nitrogens with two attached hydrogens (primary N) is 1. The second-order valence-electron chi connectivity index (χ2n) is 3.70. The van der Waals surface area contributed by atoms with Crippen LogP contribution in [0.1, 0.15) is 11.3 Å². The maximum atomic E-state index is 12.1. The zero-order chi connectivity index (χ0) is 13.1. The molecule has 0 aliphatic heterocycles. The van der Waals surface area contributed by atoms with Gasteiger partial charge in [0.2, 0.25) is 0 Å². The van der Waals surface area contributed by atoms with E-state index in [1.54, 1.807) is 12.1 Å². The van der Waals surface area contributed by atoms with Gasteiger partial charge in [0.1, 0.15) is 4.99 Å². The van der Waals surface area contributed by atoms with Crippen molar-refractivity contribution in [3.63, 3.8) is 0 Å². The molecule has 0 aliphatic rings. The van der Waals surface area contributed by atoms with Gasteiger partial charge in [0, 0.05) is 12.7 Å². The Bertz CT molecular complexity index is 406. The van der Waals surface area contributed by atoms with Crippen molar-refractivity contribution in [1.29, 1.82) is 0 Å². The van der Waals surface area contributed by atoms with Crippen LogP contribution in [0.15, 0.2) is 18.3 Å². The number of halogens is 3. The van der Waals surface area contributed by atoms with Crippen LogP contribution >= 0.6 is 12.2 Å². The van der Waals surface area contributed by atoms with Gasteiger partial charge in [-0.15, -0.1) is 0 Å². The summed E-state index contributed by atoms with van der Waals surface area (Å²) in [6.07, 6.45) is -2.72. The molecule has 1 aromatic rings. The van der Waals surface area contributed by atoms with Crippen molar-refractivity contribution in [3.05, 3.63) is 29.6 Å². The fraction of sp³-hybridized carbons (Fsp3) is 0.400. The van der Waals surface area contributed by atoms with Crippen molar-refractivity contribution in [3.8, 4) is 0 Å². The van der Waals surface area contributed by atoms with E-state index in [2.05, 4.69) is 4.98 Å². The summed E-state index contributed by atoms with van der Waals surface area (Å²) in [6, 6.07) is 3.23. The Labute approximate surface area is 102 Å². The SMILES string of the molecule is CN(Cc1ccnc(C(N)=S)c1)CC(F)(F)F. The highest BCUT2D eigenvalue weighted by Gasteiger charge is 2.29. The van der Waals surface area contributed by atoms with E-state index in [1.165, 1.54) is 18.1 Å². The summed E-state index contributed by atoms with van der Waals surface area (Å²) in [5, 5.41) is 0.